The summed E-state index contributed by atoms with van der Waals surface area (Å²) in [6.45, 7) is 3.94. The lowest BCUT2D eigenvalue weighted by Crippen LogP contribution is -2.25. The molecule has 2 aromatic rings. The number of nitrogens with one attached hydrogen (secondary N) is 1. The Balaban J connectivity index is 2.07. The van der Waals surface area contributed by atoms with Gasteiger partial charge >= 0.3 is 0 Å². The number of hydrogen-bond donors (Lipinski definition) is 1. The fourth-order valence-electron chi connectivity index (χ4n) is 1.36. The van der Waals surface area contributed by atoms with E-state index >= 15 is 0 Å². The van der Waals surface area contributed by atoms with E-state index in [-0.39, 0.29) is 11.9 Å². The Bertz CT molecular complexity index is 560. The van der Waals surface area contributed by atoms with E-state index in [1.54, 1.807) is 11.3 Å². The molecule has 1 unspecified atom stereocenters. The zero-order valence-corrected chi connectivity index (χ0v) is 14.5. The third kappa shape index (κ3) is 3.20. The predicted molar refractivity (Wildman–Crippen MR) is 82.5 cm³/mol. The molecule has 1 amide bonds. The van der Waals surface area contributed by atoms with Crippen LogP contribution in [0.25, 0.3) is 0 Å². The first-order chi connectivity index (χ1) is 8.47. The maximum absolute atomic E-state index is 12.0. The van der Waals surface area contributed by atoms with Crippen LogP contribution in [0, 0.1) is 6.92 Å². The van der Waals surface area contributed by atoms with Crippen molar-refractivity contribution in [2.45, 2.75) is 19.9 Å². The van der Waals surface area contributed by atoms with Crippen molar-refractivity contribution in [1.82, 2.24) is 10.3 Å². The fraction of sp³-hybridized carbons (Fsp3) is 0.273. The summed E-state index contributed by atoms with van der Waals surface area (Å²) < 4.78 is 1.82. The minimum atomic E-state index is -0.0771. The molecule has 2 heterocycles. The largest absolute Gasteiger partial charge is 0.342 e. The van der Waals surface area contributed by atoms with Crippen LogP contribution >= 0.6 is 54.5 Å². The molecule has 1 N–H and O–H groups in total. The van der Waals surface area contributed by atoms with E-state index in [1.807, 2.05) is 26.1 Å². The summed E-state index contributed by atoms with van der Waals surface area (Å²) in [5, 5.41) is 3.87. The Hall–Kier alpha value is -0.240. The van der Waals surface area contributed by atoms with Gasteiger partial charge in [0.15, 0.2) is 0 Å². The summed E-state index contributed by atoms with van der Waals surface area (Å²) in [7, 11) is 0. The monoisotopic (exact) mass is 408 g/mol. The van der Waals surface area contributed by atoms with Gasteiger partial charge in [0.1, 0.15) is 5.01 Å². The van der Waals surface area contributed by atoms with E-state index in [0.717, 1.165) is 18.1 Å². The molecule has 7 heteroatoms. The Kier molecular flexibility index (Phi) is 4.58. The predicted octanol–water partition coefficient (Wildman–Crippen LogP) is 4.53. The number of rotatable bonds is 3. The molecule has 96 valence electrons. The first-order valence-corrected chi connectivity index (χ1v) is 8.37. The highest BCUT2D eigenvalue weighted by Crippen LogP contribution is 2.32. The van der Waals surface area contributed by atoms with Crippen molar-refractivity contribution in [2.75, 3.05) is 0 Å². The molecule has 0 saturated heterocycles. The van der Waals surface area contributed by atoms with Crippen LogP contribution in [0.4, 0.5) is 0 Å². The molecule has 0 aliphatic carbocycles. The number of halogens is 2. The van der Waals surface area contributed by atoms with E-state index in [9.17, 15) is 4.79 Å². The average Bonchev–Trinajstić information content (AvgIpc) is 2.86. The minimum absolute atomic E-state index is 0.0733. The number of carbonyl (C=O) groups is 1. The third-order valence-electron chi connectivity index (χ3n) is 2.23. The number of hydrogen-bond acceptors (Lipinski definition) is 4. The van der Waals surface area contributed by atoms with Gasteiger partial charge in [-0.05, 0) is 51.8 Å². The molecule has 1 atom stereocenters. The van der Waals surface area contributed by atoms with Crippen LogP contribution in [0.1, 0.15) is 32.5 Å². The third-order valence-corrected chi connectivity index (χ3v) is 6.58. The van der Waals surface area contributed by atoms with Crippen molar-refractivity contribution in [2.24, 2.45) is 0 Å². The quantitative estimate of drug-likeness (QED) is 0.808. The molecule has 0 fully saturated rings. The summed E-state index contributed by atoms with van der Waals surface area (Å²) >= 11 is 9.76. The lowest BCUT2D eigenvalue weighted by Gasteiger charge is -2.09. The lowest BCUT2D eigenvalue weighted by molar-refractivity contribution is 0.0944. The molecule has 0 saturated carbocycles. The second-order valence-corrected chi connectivity index (χ2v) is 8.23. The van der Waals surface area contributed by atoms with Gasteiger partial charge in [-0.15, -0.1) is 22.7 Å². The SMILES string of the molecule is Cc1cnc(C(C)NC(=O)c2cc(Br)c(Br)s2)s1. The van der Waals surface area contributed by atoms with Gasteiger partial charge < -0.3 is 5.32 Å². The minimum Gasteiger partial charge on any atom is -0.342 e. The van der Waals surface area contributed by atoms with Crippen molar-refractivity contribution in [3.63, 3.8) is 0 Å². The molecular formula is C11H10Br2N2OS2. The first kappa shape index (κ1) is 14.2. The van der Waals surface area contributed by atoms with Gasteiger partial charge in [0.2, 0.25) is 0 Å². The Morgan fingerprint density at radius 3 is 2.67 bits per heavy atom. The summed E-state index contributed by atoms with van der Waals surface area (Å²) in [5.41, 5.74) is 0. The number of thiazole rings is 1. The van der Waals surface area contributed by atoms with Crippen LogP contribution in [0.5, 0.6) is 0 Å². The van der Waals surface area contributed by atoms with E-state index in [2.05, 4.69) is 42.2 Å². The smallest absolute Gasteiger partial charge is 0.261 e. The van der Waals surface area contributed by atoms with Crippen molar-refractivity contribution in [3.8, 4) is 0 Å². The van der Waals surface area contributed by atoms with Crippen LogP contribution < -0.4 is 5.32 Å². The summed E-state index contributed by atoms with van der Waals surface area (Å²) in [6.07, 6.45) is 1.82. The average molecular weight is 410 g/mol. The lowest BCUT2D eigenvalue weighted by atomic mass is 10.3. The van der Waals surface area contributed by atoms with Crippen molar-refractivity contribution in [1.29, 1.82) is 0 Å². The first-order valence-electron chi connectivity index (χ1n) is 5.15. The maximum Gasteiger partial charge on any atom is 0.261 e. The van der Waals surface area contributed by atoms with E-state index in [4.69, 9.17) is 0 Å². The highest BCUT2D eigenvalue weighted by Gasteiger charge is 2.16. The molecule has 0 radical (unpaired) electrons. The highest BCUT2D eigenvalue weighted by molar-refractivity contribution is 9.13. The summed E-state index contributed by atoms with van der Waals surface area (Å²) in [5.74, 6) is -0.0771. The van der Waals surface area contributed by atoms with Gasteiger partial charge in [-0.3, -0.25) is 4.79 Å². The number of nitrogens with zero attached hydrogens (tertiary/aromatic N) is 1. The van der Waals surface area contributed by atoms with Crippen LogP contribution in [0.15, 0.2) is 20.5 Å². The van der Waals surface area contributed by atoms with Gasteiger partial charge in [-0.1, -0.05) is 0 Å². The topological polar surface area (TPSA) is 42.0 Å². The van der Waals surface area contributed by atoms with Crippen LogP contribution in [0.3, 0.4) is 0 Å². The van der Waals surface area contributed by atoms with Gasteiger partial charge in [-0.2, -0.15) is 0 Å². The fourth-order valence-corrected chi connectivity index (χ4v) is 4.08. The van der Waals surface area contributed by atoms with Gasteiger partial charge in [-0.25, -0.2) is 4.98 Å². The van der Waals surface area contributed by atoms with Crippen molar-refractivity contribution >= 4 is 60.4 Å². The molecule has 0 aromatic carbocycles. The van der Waals surface area contributed by atoms with Gasteiger partial charge in [0.05, 0.1) is 14.7 Å². The molecule has 2 aromatic heterocycles. The molecular weight excluding hydrogens is 400 g/mol. The number of amides is 1. The summed E-state index contributed by atoms with van der Waals surface area (Å²) in [6, 6.07) is 1.74. The number of aromatic nitrogens is 1. The second-order valence-electron chi connectivity index (χ2n) is 3.74. The van der Waals surface area contributed by atoms with Crippen LogP contribution in [0.2, 0.25) is 0 Å². The summed E-state index contributed by atoms with van der Waals surface area (Å²) in [4.78, 5) is 18.1. The zero-order valence-electron chi connectivity index (χ0n) is 9.66. The van der Waals surface area contributed by atoms with Gasteiger partial charge in [0, 0.05) is 15.5 Å². The normalized spacial score (nSPS) is 12.4. The molecule has 0 aliphatic heterocycles. The Labute approximate surface area is 130 Å². The number of carbonyl (C=O) groups excluding carboxylic acids is 1. The van der Waals surface area contributed by atoms with Gasteiger partial charge in [0.25, 0.3) is 5.91 Å². The highest BCUT2D eigenvalue weighted by atomic mass is 79.9. The Morgan fingerprint density at radius 2 is 2.17 bits per heavy atom. The zero-order chi connectivity index (χ0) is 13.3. The van der Waals surface area contributed by atoms with Crippen molar-refractivity contribution < 1.29 is 4.79 Å². The second kappa shape index (κ2) is 5.81. The number of thiophene rings is 1. The molecule has 3 nitrogen and oxygen atoms in total. The molecule has 18 heavy (non-hydrogen) atoms. The molecule has 0 aliphatic rings. The van der Waals surface area contributed by atoms with Crippen molar-refractivity contribution in [3.05, 3.63) is 35.3 Å². The van der Waals surface area contributed by atoms with Crippen LogP contribution in [-0.2, 0) is 0 Å². The van der Waals surface area contributed by atoms with E-state index in [0.29, 0.717) is 4.88 Å². The standard InChI is InChI=1S/C11H10Br2N2OS2/c1-5-4-14-11(17-5)6(2)15-10(16)8-3-7(12)9(13)18-8/h3-4,6H,1-2H3,(H,15,16). The molecule has 0 spiro atoms. The molecule has 2 rings (SSSR count). The van der Waals surface area contributed by atoms with E-state index < -0.39 is 0 Å². The number of aryl methyl sites for hydroxylation is 1. The Morgan fingerprint density at radius 1 is 1.44 bits per heavy atom. The van der Waals surface area contributed by atoms with Crippen LogP contribution in [-0.4, -0.2) is 10.9 Å². The maximum atomic E-state index is 12.0. The molecule has 0 bridgehead atoms. The van der Waals surface area contributed by atoms with E-state index in [1.165, 1.54) is 11.3 Å².